The molecule has 0 radical (unpaired) electrons. The molecule has 1 saturated heterocycles. The highest BCUT2D eigenvalue weighted by molar-refractivity contribution is 5.25. The minimum absolute atomic E-state index is 0.393. The van der Waals surface area contributed by atoms with Gasteiger partial charge in [-0.25, -0.2) is 0 Å². The van der Waals surface area contributed by atoms with E-state index in [0.29, 0.717) is 12.6 Å². The van der Waals surface area contributed by atoms with Gasteiger partial charge in [-0.1, -0.05) is 18.2 Å². The number of piperazine rings is 1. The highest BCUT2D eigenvalue weighted by Gasteiger charge is 2.30. The second-order valence-electron chi connectivity index (χ2n) is 4.79. The summed E-state index contributed by atoms with van der Waals surface area (Å²) in [5, 5.41) is 3.31. The second-order valence-corrected chi connectivity index (χ2v) is 4.79. The number of halogens is 3. The highest BCUT2D eigenvalue weighted by Crippen LogP contribution is 2.29. The van der Waals surface area contributed by atoms with Crippen molar-refractivity contribution in [3.8, 4) is 0 Å². The molecule has 1 fully saturated rings. The summed E-state index contributed by atoms with van der Waals surface area (Å²) in [6.45, 7) is 5.30. The molecule has 0 aromatic heterocycles. The second kappa shape index (κ2) is 5.28. The van der Waals surface area contributed by atoms with Crippen molar-refractivity contribution < 1.29 is 13.2 Å². The minimum Gasteiger partial charge on any atom is -0.312 e. The van der Waals surface area contributed by atoms with E-state index >= 15 is 0 Å². The van der Waals surface area contributed by atoms with Gasteiger partial charge in [-0.3, -0.25) is 4.90 Å². The van der Waals surface area contributed by atoms with E-state index < -0.39 is 11.7 Å². The Morgan fingerprint density at radius 1 is 1.39 bits per heavy atom. The Balaban J connectivity index is 2.05. The molecule has 0 bridgehead atoms. The Morgan fingerprint density at radius 2 is 2.17 bits per heavy atom. The largest absolute Gasteiger partial charge is 0.416 e. The molecule has 18 heavy (non-hydrogen) atoms. The van der Waals surface area contributed by atoms with Crippen LogP contribution in [0, 0.1) is 0 Å². The molecule has 2 rings (SSSR count). The van der Waals surface area contributed by atoms with Crippen LogP contribution in [-0.2, 0) is 12.7 Å². The number of nitrogens with one attached hydrogen (secondary N) is 1. The lowest BCUT2D eigenvalue weighted by Gasteiger charge is -2.31. The molecule has 1 atom stereocenters. The number of hydrogen-bond donors (Lipinski definition) is 1. The number of benzene rings is 1. The molecule has 1 aliphatic heterocycles. The maximum Gasteiger partial charge on any atom is 0.416 e. The molecule has 100 valence electrons. The van der Waals surface area contributed by atoms with Crippen LogP contribution in [0.5, 0.6) is 0 Å². The summed E-state index contributed by atoms with van der Waals surface area (Å²) < 4.78 is 37.8. The quantitative estimate of drug-likeness (QED) is 0.876. The minimum atomic E-state index is -4.26. The molecule has 1 aromatic rings. The van der Waals surface area contributed by atoms with Crippen LogP contribution < -0.4 is 5.32 Å². The molecule has 1 aromatic carbocycles. The first-order chi connectivity index (χ1) is 8.45. The van der Waals surface area contributed by atoms with E-state index in [9.17, 15) is 13.2 Å². The van der Waals surface area contributed by atoms with Gasteiger partial charge in [0.1, 0.15) is 0 Å². The molecule has 0 saturated carbocycles. The fourth-order valence-electron chi connectivity index (χ4n) is 2.26. The van der Waals surface area contributed by atoms with Crippen molar-refractivity contribution in [3.63, 3.8) is 0 Å². The van der Waals surface area contributed by atoms with E-state index in [-0.39, 0.29) is 0 Å². The number of alkyl halides is 3. The van der Waals surface area contributed by atoms with Crippen molar-refractivity contribution in [2.75, 3.05) is 19.6 Å². The third kappa shape index (κ3) is 3.46. The van der Waals surface area contributed by atoms with Crippen LogP contribution in [0.1, 0.15) is 18.1 Å². The van der Waals surface area contributed by atoms with Gasteiger partial charge in [-0.2, -0.15) is 13.2 Å². The van der Waals surface area contributed by atoms with Gasteiger partial charge in [-0.05, 0) is 18.6 Å². The topological polar surface area (TPSA) is 15.3 Å². The fourth-order valence-corrected chi connectivity index (χ4v) is 2.26. The Hall–Kier alpha value is -1.07. The molecule has 2 nitrogen and oxygen atoms in total. The average molecular weight is 258 g/mol. The summed E-state index contributed by atoms with van der Waals surface area (Å²) in [6, 6.07) is 5.98. The number of hydrogen-bond acceptors (Lipinski definition) is 2. The van der Waals surface area contributed by atoms with Crippen molar-refractivity contribution in [1.29, 1.82) is 0 Å². The zero-order valence-electron chi connectivity index (χ0n) is 10.3. The maximum absolute atomic E-state index is 12.6. The van der Waals surface area contributed by atoms with Gasteiger partial charge in [0.05, 0.1) is 5.56 Å². The van der Waals surface area contributed by atoms with Gasteiger partial charge in [0.25, 0.3) is 0 Å². The fraction of sp³-hybridized carbons (Fsp3) is 0.538. The molecule has 1 N–H and O–H groups in total. The van der Waals surface area contributed by atoms with Crippen LogP contribution >= 0.6 is 0 Å². The predicted octanol–water partition coefficient (Wildman–Crippen LogP) is 2.50. The molecule has 0 unspecified atom stereocenters. The van der Waals surface area contributed by atoms with Crippen molar-refractivity contribution in [2.24, 2.45) is 0 Å². The van der Waals surface area contributed by atoms with Crippen LogP contribution in [0.4, 0.5) is 13.2 Å². The number of rotatable bonds is 2. The first-order valence-electron chi connectivity index (χ1n) is 6.07. The van der Waals surface area contributed by atoms with Gasteiger partial charge < -0.3 is 5.32 Å². The van der Waals surface area contributed by atoms with Gasteiger partial charge in [0.2, 0.25) is 0 Å². The van der Waals surface area contributed by atoms with Gasteiger partial charge >= 0.3 is 6.18 Å². The zero-order valence-corrected chi connectivity index (χ0v) is 10.3. The Kier molecular flexibility index (Phi) is 3.92. The molecular weight excluding hydrogens is 241 g/mol. The van der Waals surface area contributed by atoms with Crippen molar-refractivity contribution >= 4 is 0 Å². The Labute approximate surface area is 105 Å². The Morgan fingerprint density at radius 3 is 2.83 bits per heavy atom. The smallest absolute Gasteiger partial charge is 0.312 e. The molecule has 0 amide bonds. The SMILES string of the molecule is C[C@H]1CN(Cc2cccc(C(F)(F)F)c2)CCN1. The lowest BCUT2D eigenvalue weighted by atomic mass is 10.1. The van der Waals surface area contributed by atoms with Crippen LogP contribution in [-0.4, -0.2) is 30.6 Å². The van der Waals surface area contributed by atoms with E-state index in [1.54, 1.807) is 6.07 Å². The van der Waals surface area contributed by atoms with E-state index in [1.165, 1.54) is 12.1 Å². The summed E-state index contributed by atoms with van der Waals surface area (Å²) in [7, 11) is 0. The highest BCUT2D eigenvalue weighted by atomic mass is 19.4. The molecule has 5 heteroatoms. The van der Waals surface area contributed by atoms with Crippen molar-refractivity contribution in [3.05, 3.63) is 35.4 Å². The van der Waals surface area contributed by atoms with E-state index in [0.717, 1.165) is 31.3 Å². The van der Waals surface area contributed by atoms with Crippen molar-refractivity contribution in [1.82, 2.24) is 10.2 Å². The van der Waals surface area contributed by atoms with Crippen molar-refractivity contribution in [2.45, 2.75) is 25.7 Å². The maximum atomic E-state index is 12.6. The first kappa shape index (κ1) is 13.4. The third-order valence-electron chi connectivity index (χ3n) is 3.11. The lowest BCUT2D eigenvalue weighted by molar-refractivity contribution is -0.137. The van der Waals surface area contributed by atoms with Crippen LogP contribution in [0.15, 0.2) is 24.3 Å². The van der Waals surface area contributed by atoms with E-state index in [2.05, 4.69) is 17.1 Å². The van der Waals surface area contributed by atoms with Crippen LogP contribution in [0.2, 0.25) is 0 Å². The summed E-state index contributed by atoms with van der Waals surface area (Å²) in [6.07, 6.45) is -4.26. The zero-order chi connectivity index (χ0) is 13.2. The van der Waals surface area contributed by atoms with Crippen LogP contribution in [0.3, 0.4) is 0 Å². The van der Waals surface area contributed by atoms with Gasteiger partial charge in [-0.15, -0.1) is 0 Å². The monoisotopic (exact) mass is 258 g/mol. The van der Waals surface area contributed by atoms with Crippen LogP contribution in [0.25, 0.3) is 0 Å². The summed E-state index contributed by atoms with van der Waals surface area (Å²) in [5.41, 5.74) is 0.155. The van der Waals surface area contributed by atoms with E-state index in [4.69, 9.17) is 0 Å². The van der Waals surface area contributed by atoms with E-state index in [1.807, 2.05) is 0 Å². The average Bonchev–Trinajstić information content (AvgIpc) is 2.28. The van der Waals surface area contributed by atoms with Gasteiger partial charge in [0, 0.05) is 32.2 Å². The lowest BCUT2D eigenvalue weighted by Crippen LogP contribution is -2.48. The Bertz CT molecular complexity index is 403. The molecule has 0 spiro atoms. The standard InChI is InChI=1S/C13H17F3N2/c1-10-8-18(6-5-17-10)9-11-3-2-4-12(7-11)13(14,15)16/h2-4,7,10,17H,5-6,8-9H2,1H3/t10-/m0/s1. The third-order valence-corrected chi connectivity index (χ3v) is 3.11. The molecule has 1 heterocycles. The van der Waals surface area contributed by atoms with Gasteiger partial charge in [0.15, 0.2) is 0 Å². The first-order valence-corrected chi connectivity index (χ1v) is 6.07. The molecule has 0 aliphatic carbocycles. The summed E-state index contributed by atoms with van der Waals surface area (Å²) >= 11 is 0. The summed E-state index contributed by atoms with van der Waals surface area (Å²) in [5.74, 6) is 0. The molecular formula is C13H17F3N2. The molecule has 1 aliphatic rings. The number of nitrogens with zero attached hydrogens (tertiary/aromatic N) is 1. The predicted molar refractivity (Wildman–Crippen MR) is 64.2 cm³/mol. The normalized spacial score (nSPS) is 22.1. The summed E-state index contributed by atoms with van der Waals surface area (Å²) in [4.78, 5) is 2.18.